The molecule has 3 aromatic rings. The Kier molecular flexibility index (Phi) is 7.87. The number of hydrogen-bond acceptors (Lipinski definition) is 7. The summed E-state index contributed by atoms with van der Waals surface area (Å²) in [5, 5.41) is 1.37. The third kappa shape index (κ3) is 6.16. The molecular weight excluding hydrogens is 474 g/mol. The van der Waals surface area contributed by atoms with Crippen LogP contribution in [0.3, 0.4) is 0 Å². The van der Waals surface area contributed by atoms with Crippen LogP contribution < -0.4 is 5.73 Å². The SMILES string of the molecule is Nc1ncnc2cc(CN3CCN(CCCC(=O)CS(=O)c4ccc(Cl)cc4)CC3=O)ccc12. The second-order valence-electron chi connectivity index (χ2n) is 8.29. The van der Waals surface area contributed by atoms with Gasteiger partial charge in [0.25, 0.3) is 0 Å². The molecule has 34 heavy (non-hydrogen) atoms. The minimum Gasteiger partial charge on any atom is -0.383 e. The Morgan fingerprint density at radius 1 is 1.12 bits per heavy atom. The van der Waals surface area contributed by atoms with Crippen molar-refractivity contribution in [1.82, 2.24) is 19.8 Å². The average molecular weight is 500 g/mol. The Hall–Kier alpha value is -2.88. The van der Waals surface area contributed by atoms with Crippen molar-refractivity contribution < 1.29 is 13.8 Å². The number of piperazine rings is 1. The maximum absolute atomic E-state index is 12.7. The first-order chi connectivity index (χ1) is 16.4. The summed E-state index contributed by atoms with van der Waals surface area (Å²) < 4.78 is 12.3. The van der Waals surface area contributed by atoms with Gasteiger partial charge >= 0.3 is 0 Å². The highest BCUT2D eigenvalue weighted by atomic mass is 35.5. The van der Waals surface area contributed by atoms with E-state index < -0.39 is 10.8 Å². The van der Waals surface area contributed by atoms with Crippen LogP contribution in [0.15, 0.2) is 53.7 Å². The molecule has 2 heterocycles. The minimum atomic E-state index is -1.37. The number of Topliss-reactive ketones (excluding diaryl/α,β-unsaturated/α-hetero) is 1. The second-order valence-corrected chi connectivity index (χ2v) is 10.2. The number of aromatic nitrogens is 2. The number of halogens is 1. The molecule has 1 aliphatic rings. The molecule has 4 rings (SSSR count). The second kappa shape index (κ2) is 11.0. The van der Waals surface area contributed by atoms with Gasteiger partial charge < -0.3 is 10.6 Å². The molecule has 1 saturated heterocycles. The Balaban J connectivity index is 1.21. The fourth-order valence-corrected chi connectivity index (χ4v) is 5.11. The van der Waals surface area contributed by atoms with Crippen molar-refractivity contribution >= 4 is 50.8 Å². The number of hydrogen-bond donors (Lipinski definition) is 1. The zero-order valence-corrected chi connectivity index (χ0v) is 20.2. The van der Waals surface area contributed by atoms with Crippen LogP contribution in [0.25, 0.3) is 10.9 Å². The molecule has 8 nitrogen and oxygen atoms in total. The van der Waals surface area contributed by atoms with E-state index in [2.05, 4.69) is 14.9 Å². The Morgan fingerprint density at radius 2 is 1.91 bits per heavy atom. The lowest BCUT2D eigenvalue weighted by Crippen LogP contribution is -2.50. The van der Waals surface area contributed by atoms with Crippen molar-refractivity contribution in [3.63, 3.8) is 0 Å². The van der Waals surface area contributed by atoms with E-state index in [9.17, 15) is 13.8 Å². The number of carbonyl (C=O) groups is 2. The summed E-state index contributed by atoms with van der Waals surface area (Å²) in [4.78, 5) is 37.7. The summed E-state index contributed by atoms with van der Waals surface area (Å²) in [5.41, 5.74) is 7.63. The molecule has 0 radical (unpaired) electrons. The molecular formula is C24H26ClN5O3S. The van der Waals surface area contributed by atoms with Gasteiger partial charge in [0.2, 0.25) is 5.91 Å². The number of rotatable bonds is 9. The average Bonchev–Trinajstić information content (AvgIpc) is 2.81. The van der Waals surface area contributed by atoms with Crippen molar-refractivity contribution in [2.75, 3.05) is 37.7 Å². The number of nitrogens with zero attached hydrogens (tertiary/aromatic N) is 4. The van der Waals surface area contributed by atoms with E-state index in [1.807, 2.05) is 23.1 Å². The Bertz CT molecular complexity index is 1220. The van der Waals surface area contributed by atoms with E-state index in [4.69, 9.17) is 17.3 Å². The van der Waals surface area contributed by atoms with Gasteiger partial charge in [-0.25, -0.2) is 9.97 Å². The summed E-state index contributed by atoms with van der Waals surface area (Å²) in [6.07, 6.45) is 2.41. The van der Waals surface area contributed by atoms with Crippen LogP contribution in [-0.2, 0) is 26.9 Å². The van der Waals surface area contributed by atoms with Gasteiger partial charge in [-0.2, -0.15) is 0 Å². The third-order valence-corrected chi connectivity index (χ3v) is 7.44. The van der Waals surface area contributed by atoms with E-state index in [1.54, 1.807) is 24.3 Å². The number of fused-ring (bicyclic) bond motifs is 1. The number of anilines is 1. The zero-order valence-electron chi connectivity index (χ0n) is 18.7. The van der Waals surface area contributed by atoms with E-state index in [1.165, 1.54) is 6.33 Å². The quantitative estimate of drug-likeness (QED) is 0.482. The maximum atomic E-state index is 12.7. The van der Waals surface area contributed by atoms with Gasteiger partial charge in [0.1, 0.15) is 17.9 Å². The highest BCUT2D eigenvalue weighted by molar-refractivity contribution is 7.85. The van der Waals surface area contributed by atoms with Crippen LogP contribution in [0.4, 0.5) is 5.82 Å². The molecule has 2 aromatic carbocycles. The summed E-state index contributed by atoms with van der Waals surface area (Å²) in [5.74, 6) is 0.454. The predicted octanol–water partition coefficient (Wildman–Crippen LogP) is 2.67. The van der Waals surface area contributed by atoms with E-state index in [0.717, 1.165) is 23.0 Å². The van der Waals surface area contributed by atoms with Crippen LogP contribution in [0.1, 0.15) is 18.4 Å². The van der Waals surface area contributed by atoms with Crippen LogP contribution >= 0.6 is 11.6 Å². The molecule has 1 atom stereocenters. The highest BCUT2D eigenvalue weighted by Crippen LogP contribution is 2.20. The van der Waals surface area contributed by atoms with Crippen molar-refractivity contribution in [3.05, 3.63) is 59.4 Å². The molecule has 1 fully saturated rings. The summed E-state index contributed by atoms with van der Waals surface area (Å²) >= 11 is 5.84. The largest absolute Gasteiger partial charge is 0.383 e. The van der Waals surface area contributed by atoms with Gasteiger partial charge in [0, 0.05) is 41.4 Å². The van der Waals surface area contributed by atoms with Crippen LogP contribution in [0.2, 0.25) is 5.02 Å². The number of amides is 1. The number of benzene rings is 2. The van der Waals surface area contributed by atoms with Gasteiger partial charge in [0.15, 0.2) is 0 Å². The first-order valence-electron chi connectivity index (χ1n) is 11.0. The zero-order chi connectivity index (χ0) is 24.1. The minimum absolute atomic E-state index is 0.00331. The van der Waals surface area contributed by atoms with Crippen molar-refractivity contribution in [3.8, 4) is 0 Å². The molecule has 0 saturated carbocycles. The molecule has 1 aromatic heterocycles. The van der Waals surface area contributed by atoms with Crippen LogP contribution in [0, 0.1) is 0 Å². The standard InChI is InChI=1S/C24H26ClN5O3S/c25-18-4-6-20(7-5-18)34(33)15-19(31)2-1-9-29-10-11-30(23(32)14-29)13-17-3-8-21-22(12-17)27-16-28-24(21)26/h3-8,12,16H,1-2,9-11,13-15H2,(H2,26,27,28). The van der Waals surface area contributed by atoms with Gasteiger partial charge in [0.05, 0.1) is 28.6 Å². The fraction of sp³-hybridized carbons (Fsp3) is 0.333. The molecule has 1 aliphatic heterocycles. The summed E-state index contributed by atoms with van der Waals surface area (Å²) in [6.45, 7) is 2.87. The Labute approximate surface area is 205 Å². The summed E-state index contributed by atoms with van der Waals surface area (Å²) in [7, 11) is -1.37. The van der Waals surface area contributed by atoms with Crippen molar-refractivity contribution in [2.24, 2.45) is 0 Å². The molecule has 178 valence electrons. The summed E-state index contributed by atoms with van der Waals surface area (Å²) in [6, 6.07) is 12.5. The Morgan fingerprint density at radius 3 is 2.68 bits per heavy atom. The van der Waals surface area contributed by atoms with Crippen molar-refractivity contribution in [2.45, 2.75) is 24.3 Å². The van der Waals surface area contributed by atoms with E-state index >= 15 is 0 Å². The topological polar surface area (TPSA) is 109 Å². The van der Waals surface area contributed by atoms with Crippen LogP contribution in [-0.4, -0.2) is 67.6 Å². The molecule has 0 spiro atoms. The molecule has 0 aliphatic carbocycles. The lowest BCUT2D eigenvalue weighted by Gasteiger charge is -2.34. The van der Waals surface area contributed by atoms with Gasteiger partial charge in [-0.3, -0.25) is 18.7 Å². The lowest BCUT2D eigenvalue weighted by molar-refractivity contribution is -0.136. The number of ketones is 1. The molecule has 1 unspecified atom stereocenters. The molecule has 0 bridgehead atoms. The van der Waals surface area contributed by atoms with Crippen LogP contribution in [0.5, 0.6) is 0 Å². The molecule has 10 heteroatoms. The van der Waals surface area contributed by atoms with Gasteiger partial charge in [-0.15, -0.1) is 0 Å². The molecule has 1 amide bonds. The van der Waals surface area contributed by atoms with Crippen molar-refractivity contribution in [1.29, 1.82) is 0 Å². The fourth-order valence-electron chi connectivity index (χ4n) is 3.95. The number of nitrogen functional groups attached to an aromatic ring is 1. The third-order valence-electron chi connectivity index (χ3n) is 5.80. The first kappa shape index (κ1) is 24.3. The monoisotopic (exact) mass is 499 g/mol. The van der Waals surface area contributed by atoms with E-state index in [-0.39, 0.29) is 17.4 Å². The number of carbonyl (C=O) groups excluding carboxylic acids is 2. The lowest BCUT2D eigenvalue weighted by atomic mass is 10.1. The normalized spacial score (nSPS) is 15.6. The maximum Gasteiger partial charge on any atom is 0.237 e. The first-order valence-corrected chi connectivity index (χ1v) is 12.7. The predicted molar refractivity (Wildman–Crippen MR) is 133 cm³/mol. The highest BCUT2D eigenvalue weighted by Gasteiger charge is 2.24. The number of nitrogens with two attached hydrogens (primary N) is 1. The van der Waals surface area contributed by atoms with E-state index in [0.29, 0.717) is 54.8 Å². The van der Waals surface area contributed by atoms with Gasteiger partial charge in [-0.1, -0.05) is 17.7 Å². The van der Waals surface area contributed by atoms with Gasteiger partial charge in [-0.05, 0) is 54.9 Å². The smallest absolute Gasteiger partial charge is 0.237 e. The molecule has 2 N–H and O–H groups in total.